The molecule has 4 nitrogen and oxygen atoms in total. The van der Waals surface area contributed by atoms with Gasteiger partial charge in [0, 0.05) is 11.3 Å². The van der Waals surface area contributed by atoms with E-state index in [1.165, 1.54) is 0 Å². The number of rotatable bonds is 3. The van der Waals surface area contributed by atoms with Gasteiger partial charge in [-0.05, 0) is 37.1 Å². The fourth-order valence-electron chi connectivity index (χ4n) is 2.53. The Bertz CT molecular complexity index is 786. The van der Waals surface area contributed by atoms with Crippen molar-refractivity contribution in [3.05, 3.63) is 71.4 Å². The first kappa shape index (κ1) is 14.1. The summed E-state index contributed by atoms with van der Waals surface area (Å²) in [5, 5.41) is 9.85. The summed E-state index contributed by atoms with van der Waals surface area (Å²) in [6.07, 6.45) is 1.56. The quantitative estimate of drug-likeness (QED) is 0.767. The van der Waals surface area contributed by atoms with Crippen LogP contribution in [0.2, 0.25) is 0 Å². The first-order valence-electron chi connectivity index (χ1n) is 7.12. The second-order valence-corrected chi connectivity index (χ2v) is 5.36. The molecular formula is C18H17N3O. The summed E-state index contributed by atoms with van der Waals surface area (Å²) in [4.78, 5) is 12.5. The fourth-order valence-corrected chi connectivity index (χ4v) is 2.53. The molecule has 1 heterocycles. The molecule has 2 aromatic carbocycles. The number of aryl methyl sites for hydroxylation is 2. The Morgan fingerprint density at radius 1 is 1.05 bits per heavy atom. The zero-order valence-electron chi connectivity index (χ0n) is 12.6. The number of aromatic amines is 1. The van der Waals surface area contributed by atoms with Gasteiger partial charge in [0.15, 0.2) is 0 Å². The molecule has 0 aliphatic rings. The average Bonchev–Trinajstić information content (AvgIpc) is 2.96. The number of hydrogen-bond donors (Lipinski definition) is 2. The Hall–Kier alpha value is -2.88. The van der Waals surface area contributed by atoms with Crippen molar-refractivity contribution in [3.63, 3.8) is 0 Å². The van der Waals surface area contributed by atoms with Crippen LogP contribution >= 0.6 is 0 Å². The molecule has 3 aromatic rings. The first-order chi connectivity index (χ1) is 10.6. The zero-order valence-corrected chi connectivity index (χ0v) is 12.6. The summed E-state index contributed by atoms with van der Waals surface area (Å²) in [5.41, 5.74) is 5.22. The molecular weight excluding hydrogens is 274 g/mol. The predicted molar refractivity (Wildman–Crippen MR) is 87.9 cm³/mol. The maximum absolute atomic E-state index is 12.5. The van der Waals surface area contributed by atoms with Gasteiger partial charge in [0.1, 0.15) is 0 Å². The highest BCUT2D eigenvalue weighted by Crippen LogP contribution is 2.22. The van der Waals surface area contributed by atoms with E-state index in [0.29, 0.717) is 5.56 Å². The van der Waals surface area contributed by atoms with Crippen LogP contribution in [0.3, 0.4) is 0 Å². The van der Waals surface area contributed by atoms with E-state index in [2.05, 4.69) is 21.6 Å². The molecule has 22 heavy (non-hydrogen) atoms. The Morgan fingerprint density at radius 3 is 2.41 bits per heavy atom. The number of nitrogens with zero attached hydrogens (tertiary/aromatic N) is 1. The number of aromatic nitrogens is 2. The van der Waals surface area contributed by atoms with E-state index in [1.807, 2.05) is 56.3 Å². The number of benzene rings is 2. The molecule has 4 heteroatoms. The van der Waals surface area contributed by atoms with Crippen molar-refractivity contribution < 1.29 is 4.79 Å². The third kappa shape index (κ3) is 2.91. The lowest BCUT2D eigenvalue weighted by molar-refractivity contribution is 0.102. The lowest BCUT2D eigenvalue weighted by atomic mass is 10.1. The van der Waals surface area contributed by atoms with Crippen LogP contribution in [0.5, 0.6) is 0 Å². The van der Waals surface area contributed by atoms with Gasteiger partial charge in [-0.2, -0.15) is 5.10 Å². The Balaban J connectivity index is 1.89. The minimum atomic E-state index is -0.169. The van der Waals surface area contributed by atoms with Gasteiger partial charge in [0.05, 0.1) is 17.5 Å². The molecule has 0 fully saturated rings. The van der Waals surface area contributed by atoms with Crippen LogP contribution in [0.25, 0.3) is 11.3 Å². The highest BCUT2D eigenvalue weighted by Gasteiger charge is 2.15. The normalized spacial score (nSPS) is 10.5. The number of H-pyrrole nitrogens is 1. The van der Waals surface area contributed by atoms with Crippen molar-refractivity contribution in [3.8, 4) is 11.3 Å². The monoisotopic (exact) mass is 291 g/mol. The van der Waals surface area contributed by atoms with Crippen molar-refractivity contribution in [1.82, 2.24) is 10.2 Å². The van der Waals surface area contributed by atoms with Gasteiger partial charge in [-0.3, -0.25) is 9.89 Å². The van der Waals surface area contributed by atoms with Crippen molar-refractivity contribution in [2.75, 3.05) is 5.32 Å². The third-order valence-electron chi connectivity index (χ3n) is 3.43. The number of carbonyl (C=O) groups excluding carboxylic acids is 1. The molecule has 1 amide bonds. The summed E-state index contributed by atoms with van der Waals surface area (Å²) < 4.78 is 0. The molecule has 0 unspecified atom stereocenters. The molecule has 0 saturated carbocycles. The van der Waals surface area contributed by atoms with E-state index < -0.39 is 0 Å². The topological polar surface area (TPSA) is 57.8 Å². The highest BCUT2D eigenvalue weighted by molar-refractivity contribution is 6.08. The molecule has 0 spiro atoms. The average molecular weight is 291 g/mol. The maximum Gasteiger partial charge on any atom is 0.259 e. The molecule has 0 radical (unpaired) electrons. The lowest BCUT2D eigenvalue weighted by Crippen LogP contribution is -2.12. The van der Waals surface area contributed by atoms with Crippen LogP contribution in [0.4, 0.5) is 5.69 Å². The highest BCUT2D eigenvalue weighted by atomic mass is 16.1. The van der Waals surface area contributed by atoms with E-state index in [1.54, 1.807) is 6.20 Å². The van der Waals surface area contributed by atoms with E-state index in [-0.39, 0.29) is 5.91 Å². The molecule has 0 saturated heterocycles. The molecule has 0 aliphatic heterocycles. The number of nitrogens with one attached hydrogen (secondary N) is 2. The summed E-state index contributed by atoms with van der Waals surface area (Å²) >= 11 is 0. The van der Waals surface area contributed by atoms with E-state index in [0.717, 1.165) is 28.1 Å². The van der Waals surface area contributed by atoms with Gasteiger partial charge >= 0.3 is 0 Å². The van der Waals surface area contributed by atoms with Crippen molar-refractivity contribution >= 4 is 11.6 Å². The van der Waals surface area contributed by atoms with Crippen LogP contribution in [-0.2, 0) is 0 Å². The number of hydrogen-bond acceptors (Lipinski definition) is 2. The van der Waals surface area contributed by atoms with Crippen LogP contribution in [0, 0.1) is 13.8 Å². The van der Waals surface area contributed by atoms with Crippen LogP contribution in [-0.4, -0.2) is 16.1 Å². The third-order valence-corrected chi connectivity index (χ3v) is 3.43. The van der Waals surface area contributed by atoms with E-state index in [4.69, 9.17) is 0 Å². The van der Waals surface area contributed by atoms with Gasteiger partial charge in [0.25, 0.3) is 5.91 Å². The van der Waals surface area contributed by atoms with Gasteiger partial charge < -0.3 is 5.32 Å². The molecule has 0 atom stereocenters. The predicted octanol–water partition coefficient (Wildman–Crippen LogP) is 3.95. The molecule has 0 bridgehead atoms. The second kappa shape index (κ2) is 5.85. The van der Waals surface area contributed by atoms with Crippen molar-refractivity contribution in [2.24, 2.45) is 0 Å². The molecule has 3 rings (SSSR count). The van der Waals surface area contributed by atoms with Crippen LogP contribution < -0.4 is 5.32 Å². The van der Waals surface area contributed by atoms with Gasteiger partial charge in [0.2, 0.25) is 0 Å². The summed E-state index contributed by atoms with van der Waals surface area (Å²) in [5.74, 6) is -0.169. The fraction of sp³-hybridized carbons (Fsp3) is 0.111. The number of anilines is 1. The largest absolute Gasteiger partial charge is 0.322 e. The molecule has 0 aliphatic carbocycles. The van der Waals surface area contributed by atoms with E-state index >= 15 is 0 Å². The van der Waals surface area contributed by atoms with Gasteiger partial charge in [-0.1, -0.05) is 36.4 Å². The zero-order chi connectivity index (χ0) is 15.5. The van der Waals surface area contributed by atoms with E-state index in [9.17, 15) is 4.79 Å². The van der Waals surface area contributed by atoms with Crippen molar-refractivity contribution in [2.45, 2.75) is 13.8 Å². The lowest BCUT2D eigenvalue weighted by Gasteiger charge is -2.08. The Morgan fingerprint density at radius 2 is 1.73 bits per heavy atom. The van der Waals surface area contributed by atoms with Gasteiger partial charge in [-0.15, -0.1) is 0 Å². The van der Waals surface area contributed by atoms with Crippen LogP contribution in [0.15, 0.2) is 54.7 Å². The summed E-state index contributed by atoms with van der Waals surface area (Å²) in [6, 6.07) is 15.7. The number of amides is 1. The summed E-state index contributed by atoms with van der Waals surface area (Å²) in [6.45, 7) is 4.02. The minimum absolute atomic E-state index is 0.169. The standard InChI is InChI=1S/C18H17N3O/c1-12-8-13(2)10-15(9-12)20-18(22)16-11-19-21-17(16)14-6-4-3-5-7-14/h3-11H,1-2H3,(H,19,21)(H,20,22). The molecule has 110 valence electrons. The summed E-state index contributed by atoms with van der Waals surface area (Å²) in [7, 11) is 0. The number of carbonyl (C=O) groups is 1. The SMILES string of the molecule is Cc1cc(C)cc(NC(=O)c2cn[nH]c2-c2ccccc2)c1. The smallest absolute Gasteiger partial charge is 0.259 e. The first-order valence-corrected chi connectivity index (χ1v) is 7.12. The Labute approximate surface area is 129 Å². The second-order valence-electron chi connectivity index (χ2n) is 5.36. The van der Waals surface area contributed by atoms with Crippen molar-refractivity contribution in [1.29, 1.82) is 0 Å². The van der Waals surface area contributed by atoms with Crippen LogP contribution in [0.1, 0.15) is 21.5 Å². The maximum atomic E-state index is 12.5. The Kier molecular flexibility index (Phi) is 3.74. The minimum Gasteiger partial charge on any atom is -0.322 e. The van der Waals surface area contributed by atoms with Gasteiger partial charge in [-0.25, -0.2) is 0 Å². The molecule has 1 aromatic heterocycles. The molecule has 2 N–H and O–H groups in total.